The smallest absolute Gasteiger partial charge is 0.303 e. The van der Waals surface area contributed by atoms with Gasteiger partial charge in [-0.1, -0.05) is 23.7 Å². The third kappa shape index (κ3) is 5.83. The fourth-order valence-electron chi connectivity index (χ4n) is 5.94. The predicted octanol–water partition coefficient (Wildman–Crippen LogP) is 6.19. The molecule has 0 spiro atoms. The minimum absolute atomic E-state index is 0.110. The van der Waals surface area contributed by atoms with Gasteiger partial charge < -0.3 is 28.8 Å². The quantitative estimate of drug-likeness (QED) is 0.332. The average Bonchev–Trinajstić information content (AvgIpc) is 3.39. The van der Waals surface area contributed by atoms with E-state index in [1.807, 2.05) is 53.6 Å². The third-order valence-corrected chi connectivity index (χ3v) is 8.18. The molecule has 8 nitrogen and oxygen atoms in total. The maximum atomic E-state index is 13.0. The van der Waals surface area contributed by atoms with E-state index >= 15 is 0 Å². The number of aromatic nitrogens is 1. The van der Waals surface area contributed by atoms with Gasteiger partial charge in [0.1, 0.15) is 6.10 Å². The summed E-state index contributed by atoms with van der Waals surface area (Å²) in [5.74, 6) is 0.707. The van der Waals surface area contributed by atoms with Crippen LogP contribution in [0.3, 0.4) is 0 Å². The number of nitrogens with zero attached hydrogens (tertiary/aromatic N) is 2. The van der Waals surface area contributed by atoms with Gasteiger partial charge in [0.15, 0.2) is 11.5 Å². The number of hydrogen-bond acceptors (Lipinski definition) is 5. The van der Waals surface area contributed by atoms with Gasteiger partial charge in [-0.3, -0.25) is 9.59 Å². The van der Waals surface area contributed by atoms with Crippen LogP contribution in [0.15, 0.2) is 54.7 Å². The van der Waals surface area contributed by atoms with Crippen LogP contribution in [0.1, 0.15) is 67.6 Å². The van der Waals surface area contributed by atoms with Gasteiger partial charge >= 0.3 is 5.97 Å². The van der Waals surface area contributed by atoms with Crippen LogP contribution in [0.4, 0.5) is 0 Å². The van der Waals surface area contributed by atoms with Crippen LogP contribution < -0.4 is 9.47 Å². The van der Waals surface area contributed by atoms with E-state index in [4.69, 9.17) is 30.9 Å². The predicted molar refractivity (Wildman–Crippen MR) is 151 cm³/mol. The Kier molecular flexibility index (Phi) is 8.66. The van der Waals surface area contributed by atoms with E-state index in [-0.39, 0.29) is 24.3 Å². The lowest BCUT2D eigenvalue weighted by atomic mass is 9.93. The maximum absolute atomic E-state index is 13.0. The molecule has 40 heavy (non-hydrogen) atoms. The highest BCUT2D eigenvalue weighted by Gasteiger charge is 2.33. The summed E-state index contributed by atoms with van der Waals surface area (Å²) in [4.78, 5) is 25.9. The zero-order valence-electron chi connectivity index (χ0n) is 22.8. The summed E-state index contributed by atoms with van der Waals surface area (Å²) < 4.78 is 20.4. The Hall–Kier alpha value is -3.49. The summed E-state index contributed by atoms with van der Waals surface area (Å²) in [5.41, 5.74) is 3.73. The molecule has 1 saturated heterocycles. The van der Waals surface area contributed by atoms with Crippen molar-refractivity contribution in [1.82, 2.24) is 9.47 Å². The van der Waals surface area contributed by atoms with Crippen LogP contribution in [0.5, 0.6) is 11.5 Å². The Labute approximate surface area is 239 Å². The van der Waals surface area contributed by atoms with Gasteiger partial charge in [0.05, 0.1) is 31.7 Å². The third-order valence-electron chi connectivity index (χ3n) is 7.95. The van der Waals surface area contributed by atoms with Crippen LogP contribution in [0.2, 0.25) is 5.02 Å². The van der Waals surface area contributed by atoms with E-state index in [0.717, 1.165) is 35.3 Å². The molecule has 1 amide bonds. The molecule has 2 aliphatic heterocycles. The first-order valence-electron chi connectivity index (χ1n) is 13.7. The lowest BCUT2D eigenvalue weighted by Gasteiger charge is -2.31. The summed E-state index contributed by atoms with van der Waals surface area (Å²) >= 11 is 6.49. The Bertz CT molecular complexity index is 1360. The number of carbonyl (C=O) groups is 2. The fraction of sp³-hybridized carbons (Fsp3) is 0.419. The van der Waals surface area contributed by atoms with E-state index < -0.39 is 12.1 Å². The summed E-state index contributed by atoms with van der Waals surface area (Å²) in [5, 5.41) is 9.67. The molecule has 2 atom stereocenters. The number of halogens is 1. The molecule has 0 radical (unpaired) electrons. The number of carbonyl (C=O) groups excluding carboxylic acids is 1. The second-order valence-electron chi connectivity index (χ2n) is 10.4. The number of para-hydroxylation sites is 1. The number of carboxylic acid groups (broad SMARTS) is 1. The zero-order valence-corrected chi connectivity index (χ0v) is 23.6. The molecular formula is C31H35ClN2O6. The zero-order chi connectivity index (χ0) is 28.2. The summed E-state index contributed by atoms with van der Waals surface area (Å²) in [7, 11) is 3.23. The highest BCUT2D eigenvalue weighted by Crippen LogP contribution is 2.46. The van der Waals surface area contributed by atoms with Crippen molar-refractivity contribution < 1.29 is 28.9 Å². The van der Waals surface area contributed by atoms with Crippen molar-refractivity contribution in [3.63, 3.8) is 0 Å². The van der Waals surface area contributed by atoms with Crippen molar-refractivity contribution in [3.8, 4) is 17.2 Å². The number of hydrogen-bond donors (Lipinski definition) is 1. The standard InChI is InChI=1S/C31H35ClN2O6/c1-38-27-9-3-6-22(31(27)39-2)30-23-19-21(32)11-12-24(23)34-15-5-7-25(34)26(40-30)8-4-10-28(35)33-16-13-20(14-17-33)18-29(36)37/h3,5-7,9,11-12,15,19-20,26,30H,4,8,10,13-14,16-18H2,1-2H3,(H,36,37)/t26-,30-/m1/s1. The topological polar surface area (TPSA) is 90.2 Å². The van der Waals surface area contributed by atoms with Gasteiger partial charge in [0.25, 0.3) is 0 Å². The van der Waals surface area contributed by atoms with E-state index in [0.29, 0.717) is 48.9 Å². The van der Waals surface area contributed by atoms with Crippen molar-refractivity contribution in [1.29, 1.82) is 0 Å². The fourth-order valence-corrected chi connectivity index (χ4v) is 6.12. The van der Waals surface area contributed by atoms with Gasteiger partial charge in [0, 0.05) is 48.3 Å². The number of rotatable bonds is 9. The molecule has 1 aromatic heterocycles. The second kappa shape index (κ2) is 12.4. The monoisotopic (exact) mass is 566 g/mol. The van der Waals surface area contributed by atoms with Gasteiger partial charge in [0.2, 0.25) is 5.91 Å². The number of fused-ring (bicyclic) bond motifs is 3. The number of likely N-dealkylation sites (tertiary alicyclic amines) is 1. The largest absolute Gasteiger partial charge is 0.493 e. The summed E-state index contributed by atoms with van der Waals surface area (Å²) in [6, 6.07) is 15.6. The number of carboxylic acids is 1. The number of piperidine rings is 1. The highest BCUT2D eigenvalue weighted by molar-refractivity contribution is 6.30. The molecule has 3 heterocycles. The molecule has 0 aliphatic carbocycles. The van der Waals surface area contributed by atoms with Crippen LogP contribution >= 0.6 is 11.6 Å². The molecule has 0 saturated carbocycles. The van der Waals surface area contributed by atoms with Crippen molar-refractivity contribution in [3.05, 3.63) is 76.6 Å². The van der Waals surface area contributed by atoms with Crippen LogP contribution in [0.25, 0.3) is 5.69 Å². The van der Waals surface area contributed by atoms with E-state index in [1.54, 1.807) is 14.2 Å². The molecule has 9 heteroatoms. The Morgan fingerprint density at radius 1 is 1.05 bits per heavy atom. The molecular weight excluding hydrogens is 532 g/mol. The van der Waals surface area contributed by atoms with Crippen LogP contribution in [-0.2, 0) is 14.3 Å². The Morgan fingerprint density at radius 2 is 1.85 bits per heavy atom. The average molecular weight is 567 g/mol. The van der Waals surface area contributed by atoms with E-state index in [1.165, 1.54) is 0 Å². The number of benzene rings is 2. The molecule has 2 aliphatic rings. The normalized spacial score (nSPS) is 18.9. The molecule has 3 aromatic rings. The van der Waals surface area contributed by atoms with Crippen molar-refractivity contribution in [2.75, 3.05) is 27.3 Å². The van der Waals surface area contributed by atoms with Crippen molar-refractivity contribution in [2.45, 2.75) is 50.7 Å². The van der Waals surface area contributed by atoms with E-state index in [9.17, 15) is 9.59 Å². The SMILES string of the molecule is COc1cccc([C@H]2O[C@H](CCCC(=O)N3CCC(CC(=O)O)CC3)c3cccn3-c3ccc(Cl)cc32)c1OC. The number of amides is 1. The van der Waals surface area contributed by atoms with Gasteiger partial charge in [-0.15, -0.1) is 0 Å². The first kappa shape index (κ1) is 28.1. The van der Waals surface area contributed by atoms with Gasteiger partial charge in [-0.2, -0.15) is 0 Å². The molecule has 2 aromatic carbocycles. The van der Waals surface area contributed by atoms with Crippen molar-refractivity contribution >= 4 is 23.5 Å². The molecule has 0 unspecified atom stereocenters. The lowest BCUT2D eigenvalue weighted by Crippen LogP contribution is -2.38. The van der Waals surface area contributed by atoms with Crippen LogP contribution in [-0.4, -0.2) is 53.8 Å². The second-order valence-corrected chi connectivity index (χ2v) is 10.8. The number of aliphatic carboxylic acids is 1. The summed E-state index contributed by atoms with van der Waals surface area (Å²) in [6.45, 7) is 1.24. The first-order valence-corrected chi connectivity index (χ1v) is 14.1. The van der Waals surface area contributed by atoms with Crippen LogP contribution in [0, 0.1) is 5.92 Å². The summed E-state index contributed by atoms with van der Waals surface area (Å²) in [6.07, 6.45) is 4.63. The minimum atomic E-state index is -0.771. The van der Waals surface area contributed by atoms with Crippen molar-refractivity contribution in [2.24, 2.45) is 5.92 Å². The molecule has 5 rings (SSSR count). The van der Waals surface area contributed by atoms with Gasteiger partial charge in [-0.05, 0) is 68.0 Å². The maximum Gasteiger partial charge on any atom is 0.303 e. The van der Waals surface area contributed by atoms with Gasteiger partial charge in [-0.25, -0.2) is 0 Å². The molecule has 1 fully saturated rings. The lowest BCUT2D eigenvalue weighted by molar-refractivity contribution is -0.138. The first-order chi connectivity index (χ1) is 19.4. The number of ether oxygens (including phenoxy) is 3. The highest BCUT2D eigenvalue weighted by atomic mass is 35.5. The minimum Gasteiger partial charge on any atom is -0.493 e. The Morgan fingerprint density at radius 3 is 2.58 bits per heavy atom. The molecule has 212 valence electrons. The number of methoxy groups -OCH3 is 2. The molecule has 0 bridgehead atoms. The van der Waals surface area contributed by atoms with E-state index in [2.05, 4.69) is 10.6 Å². The Balaban J connectivity index is 1.37. The molecule has 1 N–H and O–H groups in total.